The van der Waals surface area contributed by atoms with Gasteiger partial charge in [-0.15, -0.1) is 5.06 Å². The number of ether oxygens (including phenoxy) is 1. The molecule has 0 saturated carbocycles. The molecular formula is C15H23NO2. The maximum absolute atomic E-state index is 6.14. The Bertz CT molecular complexity index is 384. The molecule has 1 heterocycles. The highest BCUT2D eigenvalue weighted by molar-refractivity contribution is 5.16. The van der Waals surface area contributed by atoms with Crippen LogP contribution in [0.15, 0.2) is 30.3 Å². The number of benzene rings is 1. The van der Waals surface area contributed by atoms with Crippen LogP contribution in [0.25, 0.3) is 0 Å². The summed E-state index contributed by atoms with van der Waals surface area (Å²) in [5, 5.41) is 1.98. The molecule has 0 aromatic heterocycles. The molecule has 2 rings (SSSR count). The third kappa shape index (κ3) is 2.58. The Morgan fingerprint density at radius 3 is 2.28 bits per heavy atom. The van der Waals surface area contributed by atoms with Crippen molar-refractivity contribution in [2.45, 2.75) is 52.0 Å². The van der Waals surface area contributed by atoms with Crippen molar-refractivity contribution in [2.24, 2.45) is 0 Å². The fourth-order valence-corrected chi connectivity index (χ4v) is 2.41. The molecule has 0 radical (unpaired) electrons. The van der Waals surface area contributed by atoms with Crippen LogP contribution in [0, 0.1) is 0 Å². The van der Waals surface area contributed by atoms with Crippen LogP contribution in [-0.4, -0.2) is 22.9 Å². The molecule has 0 amide bonds. The molecule has 0 bridgehead atoms. The van der Waals surface area contributed by atoms with E-state index in [0.29, 0.717) is 6.61 Å². The van der Waals surface area contributed by atoms with Crippen LogP contribution < -0.4 is 0 Å². The Kier molecular flexibility index (Phi) is 3.49. The Morgan fingerprint density at radius 2 is 1.78 bits per heavy atom. The van der Waals surface area contributed by atoms with E-state index in [-0.39, 0.29) is 17.4 Å². The van der Waals surface area contributed by atoms with Crippen molar-refractivity contribution < 1.29 is 9.57 Å². The lowest BCUT2D eigenvalue weighted by molar-refractivity contribution is -0.295. The van der Waals surface area contributed by atoms with E-state index in [9.17, 15) is 0 Å². The van der Waals surface area contributed by atoms with E-state index < -0.39 is 0 Å². The normalized spacial score (nSPS) is 24.1. The smallest absolute Gasteiger partial charge is 0.139 e. The van der Waals surface area contributed by atoms with E-state index in [4.69, 9.17) is 9.57 Å². The number of hydroxylamine groups is 2. The average Bonchev–Trinajstić information content (AvgIpc) is 2.53. The predicted molar refractivity (Wildman–Crippen MR) is 71.9 cm³/mol. The molecule has 100 valence electrons. The van der Waals surface area contributed by atoms with Crippen LogP contribution >= 0.6 is 0 Å². The van der Waals surface area contributed by atoms with Gasteiger partial charge in [0.2, 0.25) is 0 Å². The van der Waals surface area contributed by atoms with E-state index in [1.54, 1.807) is 0 Å². The third-order valence-corrected chi connectivity index (χ3v) is 3.35. The second-order valence-electron chi connectivity index (χ2n) is 6.00. The van der Waals surface area contributed by atoms with Gasteiger partial charge in [0.15, 0.2) is 0 Å². The standard InChI is InChI=1S/C15H23NO2/c1-12(13-9-7-6-8-10-13)18-16-14(2,3)11-17-15(16,4)5/h6-10,12H,11H2,1-5H3. The van der Waals surface area contributed by atoms with Crippen molar-refractivity contribution in [2.75, 3.05) is 6.61 Å². The highest BCUT2D eigenvalue weighted by Gasteiger charge is 2.47. The maximum atomic E-state index is 6.14. The molecule has 1 aliphatic heterocycles. The summed E-state index contributed by atoms with van der Waals surface area (Å²) in [6.45, 7) is 11.1. The predicted octanol–water partition coefficient (Wildman–Crippen LogP) is 3.53. The van der Waals surface area contributed by atoms with Crippen molar-refractivity contribution in [1.82, 2.24) is 5.06 Å². The summed E-state index contributed by atoms with van der Waals surface area (Å²) in [6.07, 6.45) is 0.0199. The lowest BCUT2D eigenvalue weighted by Crippen LogP contribution is -2.49. The minimum atomic E-state index is -0.382. The molecule has 3 heteroatoms. The Hall–Kier alpha value is -0.900. The zero-order valence-electron chi connectivity index (χ0n) is 11.9. The minimum Gasteiger partial charge on any atom is -0.357 e. The lowest BCUT2D eigenvalue weighted by Gasteiger charge is -2.38. The summed E-state index contributed by atoms with van der Waals surface area (Å²) in [4.78, 5) is 6.14. The Balaban J connectivity index is 2.13. The topological polar surface area (TPSA) is 21.7 Å². The van der Waals surface area contributed by atoms with Gasteiger partial charge in [0, 0.05) is 0 Å². The summed E-state index contributed by atoms with van der Waals surface area (Å²) in [6, 6.07) is 10.3. The highest BCUT2D eigenvalue weighted by Crippen LogP contribution is 2.37. The molecule has 1 saturated heterocycles. The SMILES string of the molecule is CC(ON1C(C)(C)COC1(C)C)c1ccccc1. The van der Waals surface area contributed by atoms with Crippen molar-refractivity contribution >= 4 is 0 Å². The van der Waals surface area contributed by atoms with E-state index in [0.717, 1.165) is 0 Å². The molecule has 0 aliphatic carbocycles. The monoisotopic (exact) mass is 249 g/mol. The molecule has 18 heavy (non-hydrogen) atoms. The summed E-state index contributed by atoms with van der Waals surface area (Å²) in [5.41, 5.74) is 0.690. The summed E-state index contributed by atoms with van der Waals surface area (Å²) < 4.78 is 5.81. The zero-order chi connectivity index (χ0) is 13.4. The van der Waals surface area contributed by atoms with Crippen molar-refractivity contribution in [1.29, 1.82) is 0 Å². The molecule has 0 spiro atoms. The quantitative estimate of drug-likeness (QED) is 0.818. The third-order valence-electron chi connectivity index (χ3n) is 3.35. The fraction of sp³-hybridized carbons (Fsp3) is 0.600. The maximum Gasteiger partial charge on any atom is 0.139 e. The molecule has 1 fully saturated rings. The van der Waals surface area contributed by atoms with Gasteiger partial charge < -0.3 is 4.74 Å². The van der Waals surface area contributed by atoms with E-state index in [1.165, 1.54) is 5.56 Å². The number of nitrogens with zero attached hydrogens (tertiary/aromatic N) is 1. The lowest BCUT2D eigenvalue weighted by atomic mass is 10.1. The number of hydrogen-bond acceptors (Lipinski definition) is 3. The van der Waals surface area contributed by atoms with Gasteiger partial charge in [0.25, 0.3) is 0 Å². The minimum absolute atomic E-state index is 0.0199. The molecule has 0 N–H and O–H groups in total. The van der Waals surface area contributed by atoms with Crippen LogP contribution in [0.4, 0.5) is 0 Å². The van der Waals surface area contributed by atoms with Gasteiger partial charge in [0.1, 0.15) is 11.8 Å². The first-order valence-corrected chi connectivity index (χ1v) is 6.49. The molecular weight excluding hydrogens is 226 g/mol. The fourth-order valence-electron chi connectivity index (χ4n) is 2.41. The van der Waals surface area contributed by atoms with Crippen molar-refractivity contribution in [3.63, 3.8) is 0 Å². The second kappa shape index (κ2) is 4.65. The van der Waals surface area contributed by atoms with Gasteiger partial charge in [-0.3, -0.25) is 4.84 Å². The van der Waals surface area contributed by atoms with Crippen LogP contribution in [0.5, 0.6) is 0 Å². The summed E-state index contributed by atoms with van der Waals surface area (Å²) in [7, 11) is 0. The molecule has 1 aliphatic rings. The summed E-state index contributed by atoms with van der Waals surface area (Å²) >= 11 is 0. The van der Waals surface area contributed by atoms with Gasteiger partial charge in [-0.2, -0.15) is 0 Å². The molecule has 1 atom stereocenters. The first kappa shape index (κ1) is 13.5. The van der Waals surface area contributed by atoms with E-state index in [2.05, 4.69) is 32.9 Å². The Labute approximate surface area is 110 Å². The summed E-state index contributed by atoms with van der Waals surface area (Å²) in [5.74, 6) is 0. The van der Waals surface area contributed by atoms with Gasteiger partial charge in [0.05, 0.1) is 12.1 Å². The molecule has 1 aromatic carbocycles. The zero-order valence-corrected chi connectivity index (χ0v) is 11.9. The van der Waals surface area contributed by atoms with E-state index in [1.807, 2.05) is 37.1 Å². The largest absolute Gasteiger partial charge is 0.357 e. The van der Waals surface area contributed by atoms with Gasteiger partial charge in [-0.05, 0) is 40.2 Å². The van der Waals surface area contributed by atoms with Crippen molar-refractivity contribution in [3.8, 4) is 0 Å². The second-order valence-corrected chi connectivity index (χ2v) is 6.00. The molecule has 1 aromatic rings. The number of hydrogen-bond donors (Lipinski definition) is 0. The average molecular weight is 249 g/mol. The first-order chi connectivity index (χ1) is 8.33. The molecule has 3 nitrogen and oxygen atoms in total. The highest BCUT2D eigenvalue weighted by atomic mass is 16.7. The van der Waals surface area contributed by atoms with Crippen LogP contribution in [0.1, 0.15) is 46.3 Å². The number of rotatable bonds is 3. The van der Waals surface area contributed by atoms with Gasteiger partial charge >= 0.3 is 0 Å². The van der Waals surface area contributed by atoms with Crippen LogP contribution in [0.3, 0.4) is 0 Å². The molecule has 1 unspecified atom stereocenters. The first-order valence-electron chi connectivity index (χ1n) is 6.49. The Morgan fingerprint density at radius 1 is 1.17 bits per heavy atom. The van der Waals surface area contributed by atoms with Crippen LogP contribution in [-0.2, 0) is 9.57 Å². The van der Waals surface area contributed by atoms with Gasteiger partial charge in [-0.25, -0.2) is 0 Å². The van der Waals surface area contributed by atoms with Crippen LogP contribution in [0.2, 0.25) is 0 Å². The van der Waals surface area contributed by atoms with Crippen molar-refractivity contribution in [3.05, 3.63) is 35.9 Å². The van der Waals surface area contributed by atoms with Gasteiger partial charge in [-0.1, -0.05) is 30.3 Å². The van der Waals surface area contributed by atoms with E-state index >= 15 is 0 Å².